The molecule has 0 radical (unpaired) electrons. The lowest BCUT2D eigenvalue weighted by atomic mass is 10.0. The highest BCUT2D eigenvalue weighted by Gasteiger charge is 2.19. The molecule has 0 aliphatic heterocycles. The van der Waals surface area contributed by atoms with Crippen molar-refractivity contribution in [2.45, 2.75) is 0 Å². The summed E-state index contributed by atoms with van der Waals surface area (Å²) in [5.74, 6) is -0.313. The number of halogens is 3. The molecule has 5 nitrogen and oxygen atoms in total. The molecule has 0 unspecified atom stereocenters. The molecule has 140 valence electrons. The molecular formula is C20H13Br3N4O. The van der Waals surface area contributed by atoms with Gasteiger partial charge in [0.2, 0.25) is 0 Å². The lowest BCUT2D eigenvalue weighted by Gasteiger charge is -2.04. The van der Waals surface area contributed by atoms with Crippen LogP contribution in [-0.4, -0.2) is 22.1 Å². The third-order valence-corrected chi connectivity index (χ3v) is 6.44. The fraction of sp³-hybridized carbons (Fsp3) is 0. The molecule has 0 aliphatic rings. The number of rotatable bonds is 4. The lowest BCUT2D eigenvalue weighted by molar-refractivity contribution is 0.0951. The highest BCUT2D eigenvalue weighted by molar-refractivity contribution is 9.13. The first-order chi connectivity index (χ1) is 13.5. The van der Waals surface area contributed by atoms with Crippen molar-refractivity contribution in [2.24, 2.45) is 5.10 Å². The van der Waals surface area contributed by atoms with E-state index < -0.39 is 0 Å². The number of aromatic amines is 2. The largest absolute Gasteiger partial charge is 0.350 e. The lowest BCUT2D eigenvalue weighted by Crippen LogP contribution is -2.18. The summed E-state index contributed by atoms with van der Waals surface area (Å²) in [6, 6.07) is 17.6. The summed E-state index contributed by atoms with van der Waals surface area (Å²) < 4.78 is 2.64. The fourth-order valence-electron chi connectivity index (χ4n) is 2.95. The van der Waals surface area contributed by atoms with Gasteiger partial charge < -0.3 is 9.97 Å². The van der Waals surface area contributed by atoms with Crippen molar-refractivity contribution >= 4 is 70.8 Å². The van der Waals surface area contributed by atoms with E-state index >= 15 is 0 Å². The second-order valence-electron chi connectivity index (χ2n) is 6.02. The number of carbonyl (C=O) groups excluding carboxylic acids is 1. The minimum Gasteiger partial charge on any atom is -0.350 e. The molecular weight excluding hydrogens is 552 g/mol. The predicted octanol–water partition coefficient (Wildman–Crippen LogP) is 6.21. The number of hydrogen-bond acceptors (Lipinski definition) is 2. The maximum Gasteiger partial charge on any atom is 0.288 e. The van der Waals surface area contributed by atoms with E-state index in [0.717, 1.165) is 41.3 Å². The van der Waals surface area contributed by atoms with Crippen LogP contribution in [0.1, 0.15) is 16.2 Å². The first-order valence-corrected chi connectivity index (χ1v) is 10.6. The van der Waals surface area contributed by atoms with Crippen molar-refractivity contribution in [1.82, 2.24) is 15.4 Å². The Bertz CT molecular complexity index is 1180. The van der Waals surface area contributed by atoms with E-state index in [4.69, 9.17) is 0 Å². The molecule has 28 heavy (non-hydrogen) atoms. The maximum atomic E-state index is 12.9. The van der Waals surface area contributed by atoms with Gasteiger partial charge in [-0.25, -0.2) is 5.43 Å². The first-order valence-electron chi connectivity index (χ1n) is 8.27. The van der Waals surface area contributed by atoms with Crippen molar-refractivity contribution < 1.29 is 4.79 Å². The second-order valence-corrected chi connectivity index (χ2v) is 8.58. The summed E-state index contributed by atoms with van der Waals surface area (Å²) in [7, 11) is 0. The van der Waals surface area contributed by atoms with Gasteiger partial charge in [0, 0.05) is 20.9 Å². The van der Waals surface area contributed by atoms with Gasteiger partial charge in [-0.15, -0.1) is 0 Å². The number of carbonyl (C=O) groups is 1. The first kappa shape index (κ1) is 19.2. The van der Waals surface area contributed by atoms with Crippen molar-refractivity contribution in [3.05, 3.63) is 79.5 Å². The molecule has 0 spiro atoms. The van der Waals surface area contributed by atoms with Crippen molar-refractivity contribution in [3.8, 4) is 11.1 Å². The topological polar surface area (TPSA) is 73.0 Å². The Morgan fingerprint density at radius 1 is 1.00 bits per heavy atom. The van der Waals surface area contributed by atoms with Gasteiger partial charge in [0.15, 0.2) is 0 Å². The van der Waals surface area contributed by atoms with Crippen molar-refractivity contribution in [3.63, 3.8) is 0 Å². The van der Waals surface area contributed by atoms with Gasteiger partial charge in [-0.3, -0.25) is 4.79 Å². The van der Waals surface area contributed by atoms with E-state index in [-0.39, 0.29) is 5.91 Å². The van der Waals surface area contributed by atoms with E-state index in [1.165, 1.54) is 0 Å². The molecule has 0 bridgehead atoms. The van der Waals surface area contributed by atoms with Crippen LogP contribution in [0.3, 0.4) is 0 Å². The normalized spacial score (nSPS) is 11.4. The Labute approximate surface area is 186 Å². The van der Waals surface area contributed by atoms with E-state index in [1.807, 2.05) is 54.6 Å². The number of fused-ring (bicyclic) bond motifs is 1. The molecule has 0 saturated carbocycles. The van der Waals surface area contributed by atoms with Crippen LogP contribution >= 0.6 is 47.8 Å². The Morgan fingerprint density at radius 2 is 1.79 bits per heavy atom. The molecule has 2 aromatic carbocycles. The van der Waals surface area contributed by atoms with Crippen LogP contribution in [0.25, 0.3) is 22.0 Å². The number of H-pyrrole nitrogens is 2. The summed E-state index contributed by atoms with van der Waals surface area (Å²) in [5.41, 5.74) is 6.50. The van der Waals surface area contributed by atoms with E-state index in [2.05, 4.69) is 68.3 Å². The van der Waals surface area contributed by atoms with Crippen LogP contribution in [0.5, 0.6) is 0 Å². The Balaban J connectivity index is 1.70. The van der Waals surface area contributed by atoms with Gasteiger partial charge in [0.25, 0.3) is 5.91 Å². The molecule has 3 N–H and O–H groups in total. The minimum atomic E-state index is -0.313. The zero-order chi connectivity index (χ0) is 19.7. The van der Waals surface area contributed by atoms with Crippen LogP contribution < -0.4 is 5.43 Å². The summed E-state index contributed by atoms with van der Waals surface area (Å²) in [5, 5.41) is 5.03. The van der Waals surface area contributed by atoms with Gasteiger partial charge in [-0.1, -0.05) is 46.3 Å². The maximum absolute atomic E-state index is 12.9. The number of benzene rings is 2. The number of aromatic nitrogens is 2. The molecule has 4 rings (SSSR count). The highest BCUT2D eigenvalue weighted by Crippen LogP contribution is 2.34. The van der Waals surface area contributed by atoms with Crippen LogP contribution in [-0.2, 0) is 0 Å². The third kappa shape index (κ3) is 3.85. The van der Waals surface area contributed by atoms with Gasteiger partial charge in [-0.2, -0.15) is 5.10 Å². The summed E-state index contributed by atoms with van der Waals surface area (Å²) in [6.07, 6.45) is 1.55. The number of nitrogens with one attached hydrogen (secondary N) is 3. The van der Waals surface area contributed by atoms with Crippen LogP contribution in [0, 0.1) is 0 Å². The molecule has 8 heteroatoms. The number of hydrazone groups is 1. The average molecular weight is 565 g/mol. The summed E-state index contributed by atoms with van der Waals surface area (Å²) >= 11 is 10.3. The van der Waals surface area contributed by atoms with Gasteiger partial charge >= 0.3 is 0 Å². The molecule has 0 aliphatic carbocycles. The third-order valence-electron chi connectivity index (χ3n) is 4.17. The number of nitrogens with zero attached hydrogens (tertiary/aromatic N) is 1. The van der Waals surface area contributed by atoms with Gasteiger partial charge in [0.05, 0.1) is 21.0 Å². The van der Waals surface area contributed by atoms with E-state index in [0.29, 0.717) is 5.69 Å². The van der Waals surface area contributed by atoms with E-state index in [9.17, 15) is 4.79 Å². The monoisotopic (exact) mass is 562 g/mol. The molecule has 0 atom stereocenters. The molecule has 1 amide bonds. The molecule has 0 saturated heterocycles. The highest BCUT2D eigenvalue weighted by atomic mass is 79.9. The molecule has 2 heterocycles. The summed E-state index contributed by atoms with van der Waals surface area (Å²) in [6.45, 7) is 0. The second kappa shape index (κ2) is 8.06. The SMILES string of the molecule is O=C(N/N=C/c1cc(Br)c(Br)[nH]1)c1[nH]c2ccc(Br)cc2c1-c1ccccc1. The zero-order valence-corrected chi connectivity index (χ0v) is 19.0. The number of hydrogen-bond donors (Lipinski definition) is 3. The molecule has 4 aromatic rings. The standard InChI is InChI=1S/C20H13Br3N4O/c21-12-6-7-16-14(8-12)17(11-4-2-1-3-5-11)18(26-16)20(28)27-24-10-13-9-15(22)19(23)25-13/h1-10,25-26H,(H,27,28)/b24-10+. The number of amides is 1. The predicted molar refractivity (Wildman–Crippen MR) is 123 cm³/mol. The summed E-state index contributed by atoms with van der Waals surface area (Å²) in [4.78, 5) is 19.2. The molecule has 0 fully saturated rings. The Morgan fingerprint density at radius 3 is 2.50 bits per heavy atom. The van der Waals surface area contributed by atoms with E-state index in [1.54, 1.807) is 6.21 Å². The molecule has 2 aromatic heterocycles. The fourth-order valence-corrected chi connectivity index (χ4v) is 4.00. The average Bonchev–Trinajstić information content (AvgIpc) is 3.22. The zero-order valence-electron chi connectivity index (χ0n) is 14.3. The van der Waals surface area contributed by atoms with Crippen LogP contribution in [0.2, 0.25) is 0 Å². The van der Waals surface area contributed by atoms with Crippen LogP contribution in [0.15, 0.2) is 73.2 Å². The van der Waals surface area contributed by atoms with Gasteiger partial charge in [-0.05, 0) is 61.7 Å². The quantitative estimate of drug-likeness (QED) is 0.200. The Kier molecular flexibility index (Phi) is 5.52. The van der Waals surface area contributed by atoms with Gasteiger partial charge in [0.1, 0.15) is 5.69 Å². The minimum absolute atomic E-state index is 0.313. The van der Waals surface area contributed by atoms with Crippen molar-refractivity contribution in [1.29, 1.82) is 0 Å². The smallest absolute Gasteiger partial charge is 0.288 e. The Hall–Kier alpha value is -2.16. The van der Waals surface area contributed by atoms with Crippen LogP contribution in [0.4, 0.5) is 0 Å². The van der Waals surface area contributed by atoms with Crippen molar-refractivity contribution in [2.75, 3.05) is 0 Å².